The van der Waals surface area contributed by atoms with Crippen LogP contribution in [0.2, 0.25) is 0 Å². The Balaban J connectivity index is 1.17. The molecule has 3 heterocycles. The van der Waals surface area contributed by atoms with Crippen LogP contribution in [0.4, 0.5) is 9.18 Å². The number of rotatable bonds is 23. The normalized spacial score (nSPS) is 20.3. The number of aromatic nitrogens is 3. The Bertz CT molecular complexity index is 2270. The van der Waals surface area contributed by atoms with E-state index in [2.05, 4.69) is 15.4 Å². The molecule has 0 saturated carbocycles. The van der Waals surface area contributed by atoms with E-state index in [1.54, 1.807) is 62.0 Å². The number of benzene rings is 2. The molecule has 1 aliphatic rings. The number of aliphatic hydroxyl groups is 1. The zero-order chi connectivity index (χ0) is 45.6. The number of halogens is 1. The van der Waals surface area contributed by atoms with Gasteiger partial charge in [-0.1, -0.05) is 48.5 Å². The molecule has 1 fully saturated rings. The second kappa shape index (κ2) is 22.9. The lowest BCUT2D eigenvalue weighted by atomic mass is 9.97. The number of aliphatic hydroxyl groups excluding tert-OH is 1. The number of esters is 2. The average Bonchev–Trinajstić information content (AvgIpc) is 3.85. The van der Waals surface area contributed by atoms with Crippen molar-refractivity contribution in [3.8, 4) is 5.75 Å². The third-order valence-electron chi connectivity index (χ3n) is 9.16. The summed E-state index contributed by atoms with van der Waals surface area (Å²) in [7, 11) is -4.25. The second-order valence-corrected chi connectivity index (χ2v) is 17.0. The van der Waals surface area contributed by atoms with Crippen LogP contribution in [0.15, 0.2) is 94.2 Å². The Morgan fingerprint density at radius 2 is 1.68 bits per heavy atom. The van der Waals surface area contributed by atoms with Gasteiger partial charge in [-0.3, -0.25) is 23.7 Å². The van der Waals surface area contributed by atoms with E-state index in [0.29, 0.717) is 11.0 Å². The fourth-order valence-electron chi connectivity index (χ4n) is 5.96. The fourth-order valence-corrected chi connectivity index (χ4v) is 7.91. The molecule has 2 aromatic carbocycles. The highest BCUT2D eigenvalue weighted by Gasteiger charge is 2.55. The van der Waals surface area contributed by atoms with Crippen LogP contribution in [0.3, 0.4) is 0 Å². The number of para-hydroxylation sites is 1. The van der Waals surface area contributed by atoms with E-state index >= 15 is 4.39 Å². The van der Waals surface area contributed by atoms with E-state index in [9.17, 15) is 33.6 Å². The minimum atomic E-state index is -4.25. The quantitative estimate of drug-likeness (QED) is 0.0311. The number of nitrogens with one attached hydrogen (secondary N) is 2. The summed E-state index contributed by atoms with van der Waals surface area (Å²) in [4.78, 5) is 69.9. The predicted octanol–water partition coefficient (Wildman–Crippen LogP) is 4.14. The maximum Gasteiger partial charge on any atom is 0.461 e. The van der Waals surface area contributed by atoms with Crippen molar-refractivity contribution in [3.05, 3.63) is 116 Å². The summed E-state index contributed by atoms with van der Waals surface area (Å²) >= 11 is 1.45. The zero-order valence-electron chi connectivity index (χ0n) is 34.7. The number of nitrogens with zero attached hydrogens (tertiary/aromatic N) is 3. The standard InChI is InChI=1S/C40H49FN5O15PS/c1-26(2)59-35(49)27(3)44-62(53,61-29-13-9-6-10-14-29)58-25-55-20-17-31-34(48)40(4,41)37(60-31)45-18-15-32(47)46(39(45)52)23-56-36(50)33(28-11-7-5-8-12-28)43-38(51)57-24-54-19-16-30-21-42-22-63-30/h5-15,18,21-22,26-27,31,33-34,37,48H,16-17,19-20,23-25H2,1-4H3,(H,43,51)(H,44,53)/t27-,31+,33+,34+,37+,40+,62+/m0/s1. The number of ether oxygens (including phenoxy) is 6. The van der Waals surface area contributed by atoms with Crippen molar-refractivity contribution in [1.82, 2.24) is 24.5 Å². The first-order valence-electron chi connectivity index (χ1n) is 19.6. The van der Waals surface area contributed by atoms with Crippen LogP contribution in [0.5, 0.6) is 5.75 Å². The summed E-state index contributed by atoms with van der Waals surface area (Å²) in [6.07, 6.45) is -3.22. The molecule has 7 atom stereocenters. The minimum Gasteiger partial charge on any atom is -0.462 e. The highest BCUT2D eigenvalue weighted by molar-refractivity contribution is 7.52. The first kappa shape index (κ1) is 48.7. The van der Waals surface area contributed by atoms with Crippen molar-refractivity contribution < 1.29 is 65.9 Å². The number of hydrogen-bond donors (Lipinski definition) is 3. The maximum absolute atomic E-state index is 16.2. The van der Waals surface area contributed by atoms with Gasteiger partial charge < -0.3 is 43.4 Å². The summed E-state index contributed by atoms with van der Waals surface area (Å²) in [6.45, 7) is 3.72. The molecule has 1 saturated heterocycles. The third-order valence-corrected chi connectivity index (χ3v) is 11.6. The van der Waals surface area contributed by atoms with Crippen LogP contribution in [0, 0.1) is 0 Å². The average molecular weight is 922 g/mol. The summed E-state index contributed by atoms with van der Waals surface area (Å²) < 4.78 is 74.2. The van der Waals surface area contributed by atoms with Gasteiger partial charge in [0.05, 0.1) is 30.9 Å². The Hall–Kier alpha value is -5.32. The van der Waals surface area contributed by atoms with Crippen LogP contribution in [-0.2, 0) is 60.3 Å². The van der Waals surface area contributed by atoms with E-state index in [0.717, 1.165) is 28.6 Å². The number of carbonyl (C=O) groups is 3. The largest absolute Gasteiger partial charge is 0.462 e. The Kier molecular flexibility index (Phi) is 17.7. The summed E-state index contributed by atoms with van der Waals surface area (Å²) in [5.41, 5.74) is -2.69. The lowest BCUT2D eigenvalue weighted by Gasteiger charge is -2.25. The van der Waals surface area contributed by atoms with Gasteiger partial charge in [0.1, 0.15) is 17.9 Å². The molecule has 23 heteroatoms. The number of amides is 1. The lowest BCUT2D eigenvalue weighted by Crippen LogP contribution is -2.47. The minimum absolute atomic E-state index is 0.157. The van der Waals surface area contributed by atoms with Crippen molar-refractivity contribution in [3.63, 3.8) is 0 Å². The van der Waals surface area contributed by atoms with Crippen LogP contribution in [0.1, 0.15) is 56.8 Å². The van der Waals surface area contributed by atoms with Gasteiger partial charge in [0, 0.05) is 29.8 Å². The van der Waals surface area contributed by atoms with Gasteiger partial charge in [-0.25, -0.2) is 27.9 Å². The maximum atomic E-state index is 16.2. The fraction of sp³-hybridized carbons (Fsp3) is 0.450. The number of hydrogen-bond acceptors (Lipinski definition) is 17. The van der Waals surface area contributed by atoms with Crippen molar-refractivity contribution in [2.75, 3.05) is 26.8 Å². The van der Waals surface area contributed by atoms with Crippen molar-refractivity contribution in [2.45, 2.75) is 89.6 Å². The topological polar surface area (TPSA) is 243 Å². The highest BCUT2D eigenvalue weighted by Crippen LogP contribution is 2.45. The zero-order valence-corrected chi connectivity index (χ0v) is 36.4. The number of carbonyl (C=O) groups excluding carboxylic acids is 3. The van der Waals surface area contributed by atoms with E-state index in [1.807, 2.05) is 0 Å². The summed E-state index contributed by atoms with van der Waals surface area (Å²) in [6, 6.07) is 14.4. The van der Waals surface area contributed by atoms with Crippen molar-refractivity contribution in [1.29, 1.82) is 0 Å². The smallest absolute Gasteiger partial charge is 0.461 e. The number of thiazole rings is 1. The van der Waals surface area contributed by atoms with Gasteiger partial charge in [0.2, 0.25) is 0 Å². The van der Waals surface area contributed by atoms with E-state index < -0.39 is 99.6 Å². The van der Waals surface area contributed by atoms with Crippen LogP contribution < -0.4 is 26.2 Å². The molecule has 0 radical (unpaired) electrons. The van der Waals surface area contributed by atoms with Crippen LogP contribution >= 0.6 is 19.1 Å². The highest BCUT2D eigenvalue weighted by atomic mass is 32.1. The third kappa shape index (κ3) is 13.8. The monoisotopic (exact) mass is 921 g/mol. The van der Waals surface area contributed by atoms with Gasteiger partial charge in [0.15, 0.2) is 38.3 Å². The number of alkyl halides is 1. The Labute approximate surface area is 364 Å². The molecule has 0 unspecified atom stereocenters. The van der Waals surface area contributed by atoms with Crippen molar-refractivity contribution >= 4 is 37.1 Å². The molecule has 1 amide bonds. The molecule has 0 aliphatic carbocycles. The first-order valence-corrected chi connectivity index (χ1v) is 22.0. The van der Waals surface area contributed by atoms with Gasteiger partial charge in [-0.05, 0) is 51.8 Å². The molecule has 20 nitrogen and oxygen atoms in total. The van der Waals surface area contributed by atoms with Crippen LogP contribution in [0.25, 0.3) is 0 Å². The van der Waals surface area contributed by atoms with Gasteiger partial charge >= 0.3 is 31.5 Å². The summed E-state index contributed by atoms with van der Waals surface area (Å²) in [5.74, 6) is -1.61. The number of alkyl carbamates (subject to hydrolysis) is 1. The summed E-state index contributed by atoms with van der Waals surface area (Å²) in [5, 5.41) is 15.9. The molecule has 4 aromatic rings. The molecule has 3 N–H and O–H groups in total. The lowest BCUT2D eigenvalue weighted by molar-refractivity contribution is -0.151. The molecule has 1 aliphatic heterocycles. The Morgan fingerprint density at radius 1 is 0.984 bits per heavy atom. The molecule has 0 spiro atoms. The molecule has 0 bridgehead atoms. The molecule has 5 rings (SSSR count). The predicted molar refractivity (Wildman–Crippen MR) is 221 cm³/mol. The first-order chi connectivity index (χ1) is 30.1. The van der Waals surface area contributed by atoms with Gasteiger partial charge in [-0.15, -0.1) is 11.3 Å². The van der Waals surface area contributed by atoms with E-state index in [4.69, 9.17) is 37.5 Å². The molecule has 342 valence electrons. The van der Waals surface area contributed by atoms with E-state index in [1.165, 1.54) is 42.5 Å². The molecule has 2 aromatic heterocycles. The molecular weight excluding hydrogens is 872 g/mol. The van der Waals surface area contributed by atoms with Crippen molar-refractivity contribution in [2.24, 2.45) is 0 Å². The van der Waals surface area contributed by atoms with Crippen LogP contribution in [-0.4, -0.2) is 94.1 Å². The Morgan fingerprint density at radius 3 is 2.37 bits per heavy atom. The SMILES string of the molecule is CC(C)OC(=O)[C@H](C)N[P@@](=O)(OCOCC[C@H]1O[C@@H](n2ccc(=O)n(COC(=O)[C@H](NC(=O)OCOCCc3cncs3)c3ccccc3)c2=O)[C@](C)(F)[C@@H]1O)Oc1ccccc1. The molecule has 63 heavy (non-hydrogen) atoms. The van der Waals surface area contributed by atoms with E-state index in [-0.39, 0.29) is 30.9 Å². The van der Waals surface area contributed by atoms with Gasteiger partial charge in [0.25, 0.3) is 5.56 Å². The molecular formula is C40H49FN5O15PS. The van der Waals surface area contributed by atoms with Gasteiger partial charge in [-0.2, -0.15) is 5.09 Å². The second-order valence-electron chi connectivity index (χ2n) is 14.3.